The van der Waals surface area contributed by atoms with Gasteiger partial charge in [-0.25, -0.2) is 0 Å². The molecule has 0 aliphatic heterocycles. The van der Waals surface area contributed by atoms with Gasteiger partial charge in [0.15, 0.2) is 0 Å². The minimum absolute atomic E-state index is 0.718. The summed E-state index contributed by atoms with van der Waals surface area (Å²) in [6.45, 7) is 52.6. The summed E-state index contributed by atoms with van der Waals surface area (Å²) in [4.78, 5) is 0. The Kier molecular flexibility index (Phi) is 12.5. The van der Waals surface area contributed by atoms with Crippen molar-refractivity contribution in [3.8, 4) is 22.6 Å². The van der Waals surface area contributed by atoms with Crippen molar-refractivity contribution in [1.29, 1.82) is 0 Å². The largest absolute Gasteiger partial charge is 0.453 e. The standard InChI is InChI=1S/C60H72O6P2/c1-25-31(7)43(19)55-49(37(25)13)50-38(14)26(2)32(8)44(20)56(50)62-67(61-55)65-59-47(23)35(11)29(5)41(17)53(59)54-42(18)30(6)36(12)48(24)60(54)66-68-63-57-45(21)33(9)27(3)39(15)51(57)52-40(16)28(4)34(10)46(22)58(52)64-68/h1-24H3. The van der Waals surface area contributed by atoms with Gasteiger partial charge in [-0.3, -0.25) is 0 Å². The number of hydrogen-bond donors (Lipinski definition) is 0. The summed E-state index contributed by atoms with van der Waals surface area (Å²) in [7, 11) is -4.07. The fourth-order valence-corrected chi connectivity index (χ4v) is 13.2. The molecule has 0 N–H and O–H groups in total. The lowest BCUT2D eigenvalue weighted by atomic mass is 9.84. The summed E-state index contributed by atoms with van der Waals surface area (Å²) >= 11 is 0. The van der Waals surface area contributed by atoms with Crippen molar-refractivity contribution in [3.63, 3.8) is 0 Å². The quantitative estimate of drug-likeness (QED) is 0.171. The van der Waals surface area contributed by atoms with Crippen LogP contribution in [-0.4, -0.2) is 0 Å². The fourth-order valence-electron chi connectivity index (χ4n) is 10.7. The third kappa shape index (κ3) is 7.09. The zero-order valence-corrected chi connectivity index (χ0v) is 47.1. The lowest BCUT2D eigenvalue weighted by molar-refractivity contribution is 0.489. The van der Waals surface area contributed by atoms with Crippen molar-refractivity contribution < 1.29 is 25.8 Å². The van der Waals surface area contributed by atoms with Crippen LogP contribution >= 0.6 is 16.5 Å². The summed E-state index contributed by atoms with van der Waals surface area (Å²) in [5, 5.41) is 4.34. The highest BCUT2D eigenvalue weighted by Crippen LogP contribution is 2.54. The van der Waals surface area contributed by atoms with Crippen LogP contribution in [0.1, 0.15) is 134 Å². The molecular weight excluding hydrogens is 879 g/mol. The van der Waals surface area contributed by atoms with E-state index in [4.69, 9.17) is 25.8 Å². The topological polar surface area (TPSA) is 71.0 Å². The van der Waals surface area contributed by atoms with Gasteiger partial charge in [-0.2, -0.15) is 0 Å². The fraction of sp³-hybridized carbons (Fsp3) is 0.400. The van der Waals surface area contributed by atoms with Crippen LogP contribution in [0.4, 0.5) is 0 Å². The van der Waals surface area contributed by atoms with E-state index in [9.17, 15) is 0 Å². The Morgan fingerprint density at radius 3 is 0.603 bits per heavy atom. The van der Waals surface area contributed by atoms with Crippen molar-refractivity contribution in [1.82, 2.24) is 0 Å². The van der Waals surface area contributed by atoms with E-state index >= 15 is 0 Å². The number of rotatable bonds is 5. The number of hydrogen-bond acceptors (Lipinski definition) is 6. The second-order valence-corrected chi connectivity index (χ2v) is 22.2. The van der Waals surface area contributed by atoms with E-state index in [0.717, 1.165) is 122 Å². The van der Waals surface area contributed by atoms with E-state index in [2.05, 4.69) is 166 Å². The van der Waals surface area contributed by atoms with Crippen LogP contribution in [0, 0.1) is 166 Å². The summed E-state index contributed by atoms with van der Waals surface area (Å²) < 4.78 is 43.7. The maximum Gasteiger partial charge on any atom is 0.453 e. The van der Waals surface area contributed by atoms with Gasteiger partial charge in [0.25, 0.3) is 0 Å². The van der Waals surface area contributed by atoms with Gasteiger partial charge in [0.1, 0.15) is 33.8 Å². The molecule has 8 rings (SSSR count). The van der Waals surface area contributed by atoms with Crippen molar-refractivity contribution in [2.24, 2.45) is 0 Å². The molecule has 6 aromatic carbocycles. The second kappa shape index (κ2) is 17.3. The molecular formula is C60H72O6P2. The van der Waals surface area contributed by atoms with Crippen LogP contribution in [0.15, 0.2) is 16.8 Å². The average molecular weight is 951 g/mol. The van der Waals surface area contributed by atoms with E-state index < -0.39 is 16.5 Å². The average Bonchev–Trinajstić information content (AvgIpc) is 3.60. The second-order valence-electron chi connectivity index (χ2n) is 20.2. The Bertz CT molecular complexity index is 3250. The van der Waals surface area contributed by atoms with Gasteiger partial charge in [-0.05, 0) is 300 Å². The lowest BCUT2D eigenvalue weighted by Crippen LogP contribution is -2.05. The van der Waals surface area contributed by atoms with Crippen LogP contribution in [0.25, 0.3) is 55.0 Å². The Morgan fingerprint density at radius 1 is 0.206 bits per heavy atom. The maximum atomic E-state index is 7.45. The molecule has 8 aromatic rings. The van der Waals surface area contributed by atoms with Crippen LogP contribution < -0.4 is 9.05 Å². The van der Waals surface area contributed by atoms with Gasteiger partial charge in [-0.1, -0.05) is 0 Å². The Labute approximate surface area is 406 Å². The third-order valence-corrected chi connectivity index (χ3v) is 19.5. The van der Waals surface area contributed by atoms with Crippen LogP contribution in [-0.2, 0) is 0 Å². The van der Waals surface area contributed by atoms with Gasteiger partial charge < -0.3 is 25.8 Å². The van der Waals surface area contributed by atoms with Crippen LogP contribution in [0.3, 0.4) is 0 Å². The highest BCUT2D eigenvalue weighted by atomic mass is 31.1. The van der Waals surface area contributed by atoms with Gasteiger partial charge in [0, 0.05) is 32.7 Å². The van der Waals surface area contributed by atoms with Crippen LogP contribution in [0.2, 0.25) is 0 Å². The molecule has 8 heteroatoms. The summed E-state index contributed by atoms with van der Waals surface area (Å²) in [6, 6.07) is 0. The molecule has 2 heterocycles. The van der Waals surface area contributed by atoms with Gasteiger partial charge in [0.2, 0.25) is 0 Å². The Balaban J connectivity index is 1.50. The van der Waals surface area contributed by atoms with Crippen molar-refractivity contribution >= 4 is 60.4 Å². The van der Waals surface area contributed by atoms with E-state index in [1.54, 1.807) is 0 Å². The molecule has 0 fully saturated rings. The molecule has 0 bridgehead atoms. The predicted octanol–water partition coefficient (Wildman–Crippen LogP) is 19.6. The first-order valence-electron chi connectivity index (χ1n) is 24.1. The predicted molar refractivity (Wildman–Crippen MR) is 290 cm³/mol. The normalized spacial score (nSPS) is 11.8. The van der Waals surface area contributed by atoms with Crippen molar-refractivity contribution in [2.45, 2.75) is 166 Å². The summed E-state index contributed by atoms with van der Waals surface area (Å²) in [5.41, 5.74) is 33.2. The molecule has 0 radical (unpaired) electrons. The lowest BCUT2D eigenvalue weighted by Gasteiger charge is -2.25. The van der Waals surface area contributed by atoms with E-state index in [1.165, 1.54) is 77.9 Å². The van der Waals surface area contributed by atoms with Crippen molar-refractivity contribution in [2.75, 3.05) is 0 Å². The van der Waals surface area contributed by atoms with Crippen LogP contribution in [0.5, 0.6) is 11.5 Å². The minimum Gasteiger partial charge on any atom is -0.390 e. The SMILES string of the molecule is Cc1c(C)c(C)c(-c2c(C)c(C)c(C)c(C)c2Op2oc3c(C)c(C)c(C)c(C)c3c3c(C)c(C)c(C)c(C)c3o2)c(Op2oc3c(C)c(C)c(C)c(C)c3c3c(C)c(C)c(C)c(C)c3o2)c1C. The number of fused-ring (bicyclic) bond motifs is 6. The van der Waals surface area contributed by atoms with Gasteiger partial charge >= 0.3 is 16.5 Å². The Morgan fingerprint density at radius 2 is 0.382 bits per heavy atom. The smallest absolute Gasteiger partial charge is 0.390 e. The molecule has 2 aromatic heterocycles. The molecule has 0 atom stereocenters. The molecule has 0 saturated heterocycles. The van der Waals surface area contributed by atoms with Crippen molar-refractivity contribution in [3.05, 3.63) is 134 Å². The number of benzene rings is 6. The summed E-state index contributed by atoms with van der Waals surface area (Å²) in [6.07, 6.45) is 0. The molecule has 0 aliphatic carbocycles. The first-order chi connectivity index (χ1) is 31.8. The first-order valence-corrected chi connectivity index (χ1v) is 26.3. The molecule has 6 nitrogen and oxygen atoms in total. The molecule has 358 valence electrons. The third-order valence-electron chi connectivity index (χ3n) is 17.5. The summed E-state index contributed by atoms with van der Waals surface area (Å²) in [5.74, 6) is 1.44. The minimum atomic E-state index is -2.04. The zero-order chi connectivity index (χ0) is 50.2. The van der Waals surface area contributed by atoms with E-state index in [1.807, 2.05) is 0 Å². The first kappa shape index (κ1) is 49.2. The highest BCUT2D eigenvalue weighted by molar-refractivity contribution is 7.32. The molecule has 0 aliphatic rings. The molecule has 0 spiro atoms. The van der Waals surface area contributed by atoms with Gasteiger partial charge in [-0.15, -0.1) is 0 Å². The van der Waals surface area contributed by atoms with Gasteiger partial charge in [0.05, 0.1) is 0 Å². The highest BCUT2D eigenvalue weighted by Gasteiger charge is 2.30. The molecule has 0 saturated carbocycles. The molecule has 0 amide bonds. The zero-order valence-electron chi connectivity index (χ0n) is 45.3. The van der Waals surface area contributed by atoms with E-state index in [0.29, 0.717) is 0 Å². The Hall–Kier alpha value is -5.28. The molecule has 68 heavy (non-hydrogen) atoms. The van der Waals surface area contributed by atoms with E-state index in [-0.39, 0.29) is 0 Å². The number of aryl methyl sites for hydroxylation is 8. The molecule has 0 unspecified atom stereocenters. The monoisotopic (exact) mass is 950 g/mol. The maximum absolute atomic E-state index is 7.45.